The third-order valence-corrected chi connectivity index (χ3v) is 5.23. The first kappa shape index (κ1) is 11.0. The zero-order valence-electron chi connectivity index (χ0n) is 10.9. The predicted octanol–water partition coefficient (Wildman–Crippen LogP) is 3.61. The molecule has 0 N–H and O–H groups in total. The van der Waals surface area contributed by atoms with E-state index in [2.05, 4.69) is 37.3 Å². The first-order valence-electron chi connectivity index (χ1n) is 7.08. The summed E-state index contributed by atoms with van der Waals surface area (Å²) in [5.41, 5.74) is 1.50. The Labute approximate surface area is 108 Å². The van der Waals surface area contributed by atoms with Crippen molar-refractivity contribution in [3.05, 3.63) is 35.9 Å². The molecule has 96 valence electrons. The number of hydrogen-bond donors (Lipinski definition) is 0. The molecule has 2 heteroatoms. The molecule has 2 heterocycles. The van der Waals surface area contributed by atoms with Crippen LogP contribution in [-0.4, -0.2) is 12.4 Å². The maximum absolute atomic E-state index is 6.49. The molecule has 1 spiro atoms. The van der Waals surface area contributed by atoms with Crippen LogP contribution in [0.1, 0.15) is 44.6 Å². The molecule has 3 aliphatic rings. The Bertz CT molecular complexity index is 467. The van der Waals surface area contributed by atoms with E-state index in [0.717, 1.165) is 19.4 Å². The van der Waals surface area contributed by atoms with Crippen LogP contribution in [0.15, 0.2) is 30.3 Å². The fourth-order valence-corrected chi connectivity index (χ4v) is 4.54. The van der Waals surface area contributed by atoms with Gasteiger partial charge in [0.1, 0.15) is 5.60 Å². The lowest BCUT2D eigenvalue weighted by Gasteiger charge is -2.49. The fourth-order valence-electron chi connectivity index (χ4n) is 4.54. The van der Waals surface area contributed by atoms with Crippen molar-refractivity contribution in [2.45, 2.75) is 50.4 Å². The second-order valence-corrected chi connectivity index (χ2v) is 6.38. The Morgan fingerprint density at radius 2 is 1.83 bits per heavy atom. The number of hydrogen-bond acceptors (Lipinski definition) is 2. The van der Waals surface area contributed by atoms with Crippen molar-refractivity contribution in [2.75, 3.05) is 6.61 Å². The highest BCUT2D eigenvalue weighted by atomic mass is 16.7. The van der Waals surface area contributed by atoms with Gasteiger partial charge in [-0.15, -0.1) is 0 Å². The van der Waals surface area contributed by atoms with Crippen LogP contribution in [0.25, 0.3) is 0 Å². The minimum Gasteiger partial charge on any atom is -0.349 e. The van der Waals surface area contributed by atoms with Gasteiger partial charge in [0.2, 0.25) is 0 Å². The summed E-state index contributed by atoms with van der Waals surface area (Å²) in [4.78, 5) is 0. The van der Waals surface area contributed by atoms with Crippen molar-refractivity contribution >= 4 is 0 Å². The second kappa shape index (κ2) is 3.37. The molecule has 2 saturated heterocycles. The van der Waals surface area contributed by atoms with Crippen LogP contribution in [0.5, 0.6) is 0 Å². The molecule has 0 amide bonds. The van der Waals surface area contributed by atoms with Gasteiger partial charge >= 0.3 is 0 Å². The average Bonchev–Trinajstić information content (AvgIpc) is 2.87. The van der Waals surface area contributed by atoms with Crippen molar-refractivity contribution < 1.29 is 9.47 Å². The molecule has 4 rings (SSSR count). The van der Waals surface area contributed by atoms with Gasteiger partial charge in [-0.2, -0.15) is 0 Å². The zero-order chi connectivity index (χ0) is 12.3. The van der Waals surface area contributed by atoms with Gasteiger partial charge in [0.25, 0.3) is 0 Å². The minimum absolute atomic E-state index is 0.0838. The quantitative estimate of drug-likeness (QED) is 0.751. The maximum atomic E-state index is 6.49. The van der Waals surface area contributed by atoms with Gasteiger partial charge in [-0.25, -0.2) is 0 Å². The SMILES string of the molecule is CC12CC3(CCCC[C@]3(c3ccccc3)O1)CO2. The highest BCUT2D eigenvalue weighted by Crippen LogP contribution is 2.67. The van der Waals surface area contributed by atoms with Gasteiger partial charge in [0.05, 0.1) is 6.61 Å². The molecule has 1 aromatic carbocycles. The van der Waals surface area contributed by atoms with Crippen LogP contribution in [0.4, 0.5) is 0 Å². The van der Waals surface area contributed by atoms with Gasteiger partial charge < -0.3 is 9.47 Å². The molecular weight excluding hydrogens is 224 g/mol. The van der Waals surface area contributed by atoms with Crippen LogP contribution in [-0.2, 0) is 15.1 Å². The normalized spacial score (nSPS) is 46.1. The zero-order valence-corrected chi connectivity index (χ0v) is 10.9. The molecule has 2 aliphatic heterocycles. The van der Waals surface area contributed by atoms with Crippen LogP contribution in [0.3, 0.4) is 0 Å². The van der Waals surface area contributed by atoms with E-state index in [4.69, 9.17) is 9.47 Å². The molecule has 2 bridgehead atoms. The Kier molecular flexibility index (Phi) is 2.06. The molecular formula is C16H20O2. The summed E-state index contributed by atoms with van der Waals surface area (Å²) in [5.74, 6) is -0.347. The fraction of sp³-hybridized carbons (Fsp3) is 0.625. The lowest BCUT2D eigenvalue weighted by molar-refractivity contribution is -0.296. The van der Waals surface area contributed by atoms with Crippen LogP contribution >= 0.6 is 0 Å². The summed E-state index contributed by atoms with van der Waals surface area (Å²) in [7, 11) is 0. The summed E-state index contributed by atoms with van der Waals surface area (Å²) in [6.45, 7) is 2.99. The Morgan fingerprint density at radius 3 is 2.61 bits per heavy atom. The third kappa shape index (κ3) is 1.20. The molecule has 0 radical (unpaired) electrons. The Hall–Kier alpha value is -0.860. The van der Waals surface area contributed by atoms with E-state index < -0.39 is 0 Å². The smallest absolute Gasteiger partial charge is 0.167 e. The largest absolute Gasteiger partial charge is 0.349 e. The number of benzene rings is 1. The van der Waals surface area contributed by atoms with Crippen molar-refractivity contribution in [1.29, 1.82) is 0 Å². The second-order valence-electron chi connectivity index (χ2n) is 6.38. The molecule has 3 fully saturated rings. The summed E-state index contributed by atoms with van der Waals surface area (Å²) in [5, 5.41) is 0. The molecule has 2 unspecified atom stereocenters. The summed E-state index contributed by atoms with van der Waals surface area (Å²) >= 11 is 0. The molecule has 1 aromatic rings. The van der Waals surface area contributed by atoms with Crippen LogP contribution < -0.4 is 0 Å². The molecule has 0 aromatic heterocycles. The summed E-state index contributed by atoms with van der Waals surface area (Å²) in [6.07, 6.45) is 6.05. The van der Waals surface area contributed by atoms with E-state index in [1.54, 1.807) is 0 Å². The van der Waals surface area contributed by atoms with Crippen molar-refractivity contribution in [2.24, 2.45) is 5.41 Å². The monoisotopic (exact) mass is 244 g/mol. The molecule has 18 heavy (non-hydrogen) atoms. The molecule has 1 saturated carbocycles. The lowest BCUT2D eigenvalue weighted by Crippen LogP contribution is -2.50. The third-order valence-electron chi connectivity index (χ3n) is 5.23. The first-order valence-corrected chi connectivity index (χ1v) is 7.08. The topological polar surface area (TPSA) is 18.5 Å². The minimum atomic E-state index is -0.347. The highest BCUT2D eigenvalue weighted by Gasteiger charge is 2.69. The van der Waals surface area contributed by atoms with Gasteiger partial charge in [0.15, 0.2) is 5.79 Å². The Balaban J connectivity index is 1.87. The number of rotatable bonds is 1. The van der Waals surface area contributed by atoms with Crippen molar-refractivity contribution in [3.8, 4) is 0 Å². The van der Waals surface area contributed by atoms with Crippen molar-refractivity contribution in [1.82, 2.24) is 0 Å². The first-order chi connectivity index (χ1) is 8.68. The van der Waals surface area contributed by atoms with Crippen LogP contribution in [0, 0.1) is 5.41 Å². The molecule has 3 atom stereocenters. The van der Waals surface area contributed by atoms with Gasteiger partial charge in [-0.1, -0.05) is 43.2 Å². The molecule has 2 nitrogen and oxygen atoms in total. The van der Waals surface area contributed by atoms with Gasteiger partial charge in [0, 0.05) is 11.8 Å². The Morgan fingerprint density at radius 1 is 1.06 bits per heavy atom. The van der Waals surface area contributed by atoms with Gasteiger partial charge in [-0.05, 0) is 25.3 Å². The van der Waals surface area contributed by atoms with Crippen molar-refractivity contribution in [3.63, 3.8) is 0 Å². The summed E-state index contributed by atoms with van der Waals surface area (Å²) < 4.78 is 12.4. The standard InChI is InChI=1S/C16H20O2/c1-14-11-15(12-17-14)9-5-6-10-16(15,18-14)13-7-3-2-4-8-13/h2-4,7-8H,5-6,9-12H2,1H3/t14?,15?,16-/m1/s1. The van der Waals surface area contributed by atoms with Gasteiger partial charge in [-0.3, -0.25) is 0 Å². The maximum Gasteiger partial charge on any atom is 0.167 e. The van der Waals surface area contributed by atoms with E-state index in [1.807, 2.05) is 0 Å². The molecule has 1 aliphatic carbocycles. The predicted molar refractivity (Wildman–Crippen MR) is 69.1 cm³/mol. The van der Waals surface area contributed by atoms with E-state index in [1.165, 1.54) is 24.8 Å². The summed E-state index contributed by atoms with van der Waals surface area (Å²) in [6, 6.07) is 10.8. The van der Waals surface area contributed by atoms with E-state index in [0.29, 0.717) is 0 Å². The van der Waals surface area contributed by atoms with Crippen LogP contribution in [0.2, 0.25) is 0 Å². The number of fused-ring (bicyclic) bond motifs is 1. The van der Waals surface area contributed by atoms with E-state index >= 15 is 0 Å². The lowest BCUT2D eigenvalue weighted by atomic mass is 9.61. The van der Waals surface area contributed by atoms with E-state index in [-0.39, 0.29) is 16.8 Å². The van der Waals surface area contributed by atoms with E-state index in [9.17, 15) is 0 Å². The highest BCUT2D eigenvalue weighted by molar-refractivity contribution is 5.30. The number of ether oxygens (including phenoxy) is 2. The average molecular weight is 244 g/mol.